The van der Waals surface area contributed by atoms with E-state index in [1.165, 1.54) is 0 Å². The number of carbonyl (C=O) groups is 1. The zero-order chi connectivity index (χ0) is 28.4. The predicted octanol–water partition coefficient (Wildman–Crippen LogP) is 5.74. The van der Waals surface area contributed by atoms with Crippen molar-refractivity contribution >= 4 is 17.0 Å². The molecule has 4 aromatic rings. The standard InChI is InChI=1S/C31H36N4O5/c1-20-29(21(2)40-33-20)25-16-23-9-10-28(36)35(18-24-8-6-7-13-32-24)26(23)17-27(25)38-19-22-11-14-34(15-12-22)30(37)39-31(3,4)5/h6-10,13,16-17,22H,11-12,14-15,18-19H2,1-5H3. The summed E-state index contributed by atoms with van der Waals surface area (Å²) in [5, 5.41) is 5.06. The van der Waals surface area contributed by atoms with E-state index in [0.29, 0.717) is 37.8 Å². The molecule has 3 aromatic heterocycles. The van der Waals surface area contributed by atoms with E-state index in [1.807, 2.05) is 71.0 Å². The second-order valence-electron chi connectivity index (χ2n) is 11.4. The number of fused-ring (bicyclic) bond motifs is 1. The number of pyridine rings is 2. The number of carbonyl (C=O) groups excluding carboxylic acids is 1. The van der Waals surface area contributed by atoms with Crippen molar-refractivity contribution in [3.63, 3.8) is 0 Å². The van der Waals surface area contributed by atoms with E-state index in [4.69, 9.17) is 14.0 Å². The van der Waals surface area contributed by atoms with Crippen molar-refractivity contribution in [2.75, 3.05) is 19.7 Å². The molecule has 9 heteroatoms. The molecule has 40 heavy (non-hydrogen) atoms. The number of benzene rings is 1. The number of ether oxygens (including phenoxy) is 2. The van der Waals surface area contributed by atoms with Gasteiger partial charge in [-0.25, -0.2) is 4.79 Å². The molecule has 210 valence electrons. The Bertz CT molecular complexity index is 1540. The summed E-state index contributed by atoms with van der Waals surface area (Å²) in [6, 6.07) is 13.1. The van der Waals surface area contributed by atoms with Crippen LogP contribution < -0.4 is 10.3 Å². The van der Waals surface area contributed by atoms with Crippen molar-refractivity contribution in [3.05, 3.63) is 76.2 Å². The predicted molar refractivity (Wildman–Crippen MR) is 153 cm³/mol. The van der Waals surface area contributed by atoms with Crippen LogP contribution in [0.4, 0.5) is 4.79 Å². The minimum absolute atomic E-state index is 0.108. The summed E-state index contributed by atoms with van der Waals surface area (Å²) in [6.07, 6.45) is 3.09. The highest BCUT2D eigenvalue weighted by molar-refractivity contribution is 5.89. The van der Waals surface area contributed by atoms with E-state index in [0.717, 1.165) is 46.3 Å². The van der Waals surface area contributed by atoms with Crippen LogP contribution in [0.25, 0.3) is 22.0 Å². The third-order valence-electron chi connectivity index (χ3n) is 7.18. The number of likely N-dealkylation sites (tertiary alicyclic amines) is 1. The van der Waals surface area contributed by atoms with Crippen LogP contribution in [0, 0.1) is 19.8 Å². The fourth-order valence-electron chi connectivity index (χ4n) is 5.14. The van der Waals surface area contributed by atoms with Gasteiger partial charge in [0.05, 0.1) is 35.6 Å². The van der Waals surface area contributed by atoms with Crippen LogP contribution in [0.3, 0.4) is 0 Å². The Morgan fingerprint density at radius 1 is 1.10 bits per heavy atom. The Morgan fingerprint density at radius 3 is 2.52 bits per heavy atom. The molecule has 0 saturated carbocycles. The molecule has 1 saturated heterocycles. The van der Waals surface area contributed by atoms with Gasteiger partial charge < -0.3 is 23.5 Å². The zero-order valence-electron chi connectivity index (χ0n) is 23.8. The molecule has 1 amide bonds. The van der Waals surface area contributed by atoms with Crippen LogP contribution in [-0.4, -0.2) is 51.0 Å². The van der Waals surface area contributed by atoms with Crippen LogP contribution in [0.1, 0.15) is 50.8 Å². The maximum atomic E-state index is 13.0. The lowest BCUT2D eigenvalue weighted by Gasteiger charge is -2.33. The van der Waals surface area contributed by atoms with Crippen molar-refractivity contribution in [1.82, 2.24) is 19.6 Å². The molecule has 0 radical (unpaired) electrons. The molecule has 5 rings (SSSR count). The van der Waals surface area contributed by atoms with Gasteiger partial charge in [0, 0.05) is 37.0 Å². The number of aromatic nitrogens is 3. The van der Waals surface area contributed by atoms with Gasteiger partial charge in [0.25, 0.3) is 5.56 Å². The molecule has 9 nitrogen and oxygen atoms in total. The fourth-order valence-corrected chi connectivity index (χ4v) is 5.14. The largest absolute Gasteiger partial charge is 0.493 e. The quantitative estimate of drug-likeness (QED) is 0.305. The zero-order valence-corrected chi connectivity index (χ0v) is 23.8. The molecule has 0 spiro atoms. The molecule has 0 unspecified atom stereocenters. The number of aryl methyl sites for hydroxylation is 2. The molecule has 1 fully saturated rings. The van der Waals surface area contributed by atoms with Crippen LogP contribution in [0.2, 0.25) is 0 Å². The molecule has 4 heterocycles. The van der Waals surface area contributed by atoms with Crippen molar-refractivity contribution < 1.29 is 18.8 Å². The SMILES string of the molecule is Cc1noc(C)c1-c1cc2ccc(=O)n(Cc3ccccn3)c2cc1OCC1CCN(C(=O)OC(C)(C)C)CC1. The number of amides is 1. The number of hydrogen-bond donors (Lipinski definition) is 0. The number of rotatable bonds is 6. The second kappa shape index (κ2) is 11.2. The molecule has 0 aliphatic carbocycles. The Labute approximate surface area is 233 Å². The van der Waals surface area contributed by atoms with Gasteiger partial charge in [-0.15, -0.1) is 0 Å². The first-order chi connectivity index (χ1) is 19.1. The van der Waals surface area contributed by atoms with E-state index < -0.39 is 5.60 Å². The highest BCUT2D eigenvalue weighted by Gasteiger charge is 2.28. The molecule has 0 bridgehead atoms. The average Bonchev–Trinajstić information content (AvgIpc) is 3.26. The minimum atomic E-state index is -0.515. The maximum Gasteiger partial charge on any atom is 0.410 e. The minimum Gasteiger partial charge on any atom is -0.493 e. The summed E-state index contributed by atoms with van der Waals surface area (Å²) >= 11 is 0. The van der Waals surface area contributed by atoms with E-state index in [1.54, 1.807) is 21.7 Å². The third kappa shape index (κ3) is 6.03. The van der Waals surface area contributed by atoms with E-state index in [9.17, 15) is 9.59 Å². The number of piperidine rings is 1. The fraction of sp³-hybridized carbons (Fsp3) is 0.419. The lowest BCUT2D eigenvalue weighted by atomic mass is 9.97. The first-order valence-electron chi connectivity index (χ1n) is 13.7. The van der Waals surface area contributed by atoms with Crippen molar-refractivity contribution in [1.29, 1.82) is 0 Å². The Kier molecular flexibility index (Phi) is 7.65. The second-order valence-corrected chi connectivity index (χ2v) is 11.4. The van der Waals surface area contributed by atoms with Gasteiger partial charge in [0.2, 0.25) is 0 Å². The van der Waals surface area contributed by atoms with Crippen LogP contribution >= 0.6 is 0 Å². The molecule has 0 atom stereocenters. The maximum absolute atomic E-state index is 13.0. The number of nitrogens with zero attached hydrogens (tertiary/aromatic N) is 4. The van der Waals surface area contributed by atoms with Gasteiger partial charge in [0.15, 0.2) is 0 Å². The first kappa shape index (κ1) is 27.4. The third-order valence-corrected chi connectivity index (χ3v) is 7.18. The topological polar surface area (TPSA) is 99.7 Å². The number of hydrogen-bond acceptors (Lipinski definition) is 7. The first-order valence-corrected chi connectivity index (χ1v) is 13.7. The highest BCUT2D eigenvalue weighted by atomic mass is 16.6. The van der Waals surface area contributed by atoms with Gasteiger partial charge in [-0.1, -0.05) is 11.2 Å². The smallest absolute Gasteiger partial charge is 0.410 e. The molecule has 0 N–H and O–H groups in total. The van der Waals surface area contributed by atoms with E-state index in [2.05, 4.69) is 10.1 Å². The molecule has 1 aliphatic rings. The van der Waals surface area contributed by atoms with Gasteiger partial charge in [0.1, 0.15) is 17.1 Å². The normalized spacial score (nSPS) is 14.5. The summed E-state index contributed by atoms with van der Waals surface area (Å²) in [5.74, 6) is 1.64. The lowest BCUT2D eigenvalue weighted by molar-refractivity contribution is 0.0165. The molecule has 1 aromatic carbocycles. The molecular weight excluding hydrogens is 508 g/mol. The monoisotopic (exact) mass is 544 g/mol. The van der Waals surface area contributed by atoms with Crippen molar-refractivity contribution in [2.24, 2.45) is 5.92 Å². The van der Waals surface area contributed by atoms with Crippen LogP contribution in [0.5, 0.6) is 5.75 Å². The van der Waals surface area contributed by atoms with Gasteiger partial charge in [-0.05, 0) is 83.0 Å². The lowest BCUT2D eigenvalue weighted by Crippen LogP contribution is -2.42. The summed E-state index contributed by atoms with van der Waals surface area (Å²) in [7, 11) is 0. The van der Waals surface area contributed by atoms with Gasteiger partial charge in [-0.3, -0.25) is 9.78 Å². The summed E-state index contributed by atoms with van der Waals surface area (Å²) < 4.78 is 19.2. The van der Waals surface area contributed by atoms with Gasteiger partial charge in [-0.2, -0.15) is 0 Å². The molecular formula is C31H36N4O5. The summed E-state index contributed by atoms with van der Waals surface area (Å²) in [6.45, 7) is 11.5. The van der Waals surface area contributed by atoms with E-state index >= 15 is 0 Å². The van der Waals surface area contributed by atoms with Crippen molar-refractivity contribution in [3.8, 4) is 16.9 Å². The van der Waals surface area contributed by atoms with E-state index in [-0.39, 0.29) is 17.6 Å². The molecule has 1 aliphatic heterocycles. The highest BCUT2D eigenvalue weighted by Crippen LogP contribution is 2.38. The average molecular weight is 545 g/mol. The Hall–Kier alpha value is -4.14. The summed E-state index contributed by atoms with van der Waals surface area (Å²) in [4.78, 5) is 31.6. The van der Waals surface area contributed by atoms with Gasteiger partial charge >= 0.3 is 6.09 Å². The van der Waals surface area contributed by atoms with Crippen molar-refractivity contribution in [2.45, 2.75) is 59.6 Å². The van der Waals surface area contributed by atoms with Crippen LogP contribution in [-0.2, 0) is 11.3 Å². The summed E-state index contributed by atoms with van der Waals surface area (Å²) in [5.41, 5.74) is 3.48. The van der Waals surface area contributed by atoms with Crippen LogP contribution in [0.15, 0.2) is 58.0 Å². The Balaban J connectivity index is 1.43. The Morgan fingerprint density at radius 2 is 1.88 bits per heavy atom.